The van der Waals surface area contributed by atoms with Gasteiger partial charge in [0.05, 0.1) is 12.3 Å². The minimum atomic E-state index is -3.31. The Bertz CT molecular complexity index is 1020. The molecule has 0 radical (unpaired) electrons. The summed E-state index contributed by atoms with van der Waals surface area (Å²) in [5.41, 5.74) is 0.641. The Hall–Kier alpha value is -2.23. The third kappa shape index (κ3) is 3.62. The second-order valence-corrected chi connectivity index (χ2v) is 9.35. The fraction of sp³-hybridized carbons (Fsp3) is 0.444. The molecule has 27 heavy (non-hydrogen) atoms. The summed E-state index contributed by atoms with van der Waals surface area (Å²) in [5, 5.41) is 0. The SMILES string of the molecule is CS(=O)(=O)N1C[C@H]2CN(Cc3cc(=O)[nH]c(=O)[nH]3)C[C@H]2[C@@H]1c1ccccc1. The smallest absolute Gasteiger partial charge is 0.310 e. The van der Waals surface area contributed by atoms with E-state index >= 15 is 0 Å². The molecule has 2 N–H and O–H groups in total. The molecule has 2 aliphatic heterocycles. The van der Waals surface area contributed by atoms with Crippen LogP contribution in [0.2, 0.25) is 0 Å². The highest BCUT2D eigenvalue weighted by Gasteiger charge is 2.50. The molecule has 1 aromatic carbocycles. The highest BCUT2D eigenvalue weighted by molar-refractivity contribution is 7.88. The first-order chi connectivity index (χ1) is 12.8. The average molecular weight is 390 g/mol. The summed E-state index contributed by atoms with van der Waals surface area (Å²) in [6.07, 6.45) is 1.27. The summed E-state index contributed by atoms with van der Waals surface area (Å²) in [6.45, 7) is 2.40. The van der Waals surface area contributed by atoms with Gasteiger partial charge in [-0.1, -0.05) is 30.3 Å². The van der Waals surface area contributed by atoms with E-state index in [0.717, 1.165) is 12.1 Å². The van der Waals surface area contributed by atoms with E-state index in [1.54, 1.807) is 4.31 Å². The molecule has 3 heterocycles. The number of hydrogen-bond acceptors (Lipinski definition) is 5. The van der Waals surface area contributed by atoms with Crippen LogP contribution in [0.1, 0.15) is 17.3 Å². The highest BCUT2D eigenvalue weighted by Crippen LogP contribution is 2.46. The minimum absolute atomic E-state index is 0.177. The van der Waals surface area contributed by atoms with Crippen LogP contribution in [0.5, 0.6) is 0 Å². The summed E-state index contributed by atoms with van der Waals surface area (Å²) < 4.78 is 26.3. The molecule has 1 aromatic heterocycles. The van der Waals surface area contributed by atoms with Gasteiger partial charge in [0.2, 0.25) is 10.0 Å². The fourth-order valence-electron chi connectivity index (χ4n) is 4.48. The van der Waals surface area contributed by atoms with Crippen molar-refractivity contribution in [2.75, 3.05) is 25.9 Å². The van der Waals surface area contributed by atoms with Crippen LogP contribution in [0.3, 0.4) is 0 Å². The first kappa shape index (κ1) is 18.1. The Morgan fingerprint density at radius 3 is 2.48 bits per heavy atom. The van der Waals surface area contributed by atoms with Gasteiger partial charge in [0.25, 0.3) is 5.56 Å². The molecule has 2 aliphatic rings. The van der Waals surface area contributed by atoms with Crippen molar-refractivity contribution in [3.8, 4) is 0 Å². The number of nitrogens with zero attached hydrogens (tertiary/aromatic N) is 2. The van der Waals surface area contributed by atoms with Crippen LogP contribution in [0.25, 0.3) is 0 Å². The van der Waals surface area contributed by atoms with Crippen LogP contribution in [0, 0.1) is 11.8 Å². The van der Waals surface area contributed by atoms with Gasteiger partial charge in [-0.05, 0) is 17.4 Å². The Morgan fingerprint density at radius 1 is 1.07 bits per heavy atom. The molecule has 2 aromatic rings. The van der Waals surface area contributed by atoms with E-state index in [1.807, 2.05) is 30.3 Å². The molecular weight excluding hydrogens is 368 g/mol. The number of aromatic amines is 2. The van der Waals surface area contributed by atoms with Crippen LogP contribution in [-0.4, -0.2) is 53.5 Å². The molecule has 2 fully saturated rings. The molecule has 2 saturated heterocycles. The van der Waals surface area contributed by atoms with E-state index in [-0.39, 0.29) is 17.9 Å². The number of H-pyrrole nitrogens is 2. The number of nitrogens with one attached hydrogen (secondary N) is 2. The Labute approximate surface area is 156 Å². The molecule has 3 atom stereocenters. The predicted molar refractivity (Wildman–Crippen MR) is 101 cm³/mol. The number of rotatable bonds is 4. The number of aromatic nitrogens is 2. The van der Waals surface area contributed by atoms with Crippen LogP contribution in [-0.2, 0) is 16.6 Å². The van der Waals surface area contributed by atoms with Gasteiger partial charge < -0.3 is 4.98 Å². The van der Waals surface area contributed by atoms with Crippen molar-refractivity contribution in [2.24, 2.45) is 11.8 Å². The molecule has 8 nitrogen and oxygen atoms in total. The molecule has 0 aliphatic carbocycles. The zero-order valence-electron chi connectivity index (χ0n) is 15.0. The van der Waals surface area contributed by atoms with E-state index in [0.29, 0.717) is 25.3 Å². The van der Waals surface area contributed by atoms with E-state index in [2.05, 4.69) is 14.9 Å². The van der Waals surface area contributed by atoms with Gasteiger partial charge in [-0.25, -0.2) is 13.2 Å². The zero-order valence-corrected chi connectivity index (χ0v) is 15.8. The number of hydrogen-bond donors (Lipinski definition) is 2. The Kier molecular flexibility index (Phi) is 4.53. The van der Waals surface area contributed by atoms with Crippen LogP contribution in [0.15, 0.2) is 46.0 Å². The molecular formula is C18H22N4O4S. The number of fused-ring (bicyclic) bond motifs is 1. The maximum atomic E-state index is 12.3. The zero-order chi connectivity index (χ0) is 19.2. The van der Waals surface area contributed by atoms with Gasteiger partial charge in [0.15, 0.2) is 0 Å². The van der Waals surface area contributed by atoms with Crippen molar-refractivity contribution in [1.29, 1.82) is 0 Å². The maximum Gasteiger partial charge on any atom is 0.325 e. The van der Waals surface area contributed by atoms with Crippen molar-refractivity contribution in [3.63, 3.8) is 0 Å². The summed E-state index contributed by atoms with van der Waals surface area (Å²) in [6, 6.07) is 10.9. The van der Waals surface area contributed by atoms with Crippen LogP contribution < -0.4 is 11.2 Å². The van der Waals surface area contributed by atoms with E-state index in [4.69, 9.17) is 0 Å². The van der Waals surface area contributed by atoms with Crippen molar-refractivity contribution in [3.05, 3.63) is 68.5 Å². The quantitative estimate of drug-likeness (QED) is 0.772. The Morgan fingerprint density at radius 2 is 1.81 bits per heavy atom. The lowest BCUT2D eigenvalue weighted by Crippen LogP contribution is -2.35. The average Bonchev–Trinajstić information content (AvgIpc) is 3.11. The molecule has 0 unspecified atom stereocenters. The largest absolute Gasteiger partial charge is 0.325 e. The summed E-state index contributed by atoms with van der Waals surface area (Å²) in [5.74, 6) is 0.398. The molecule has 4 rings (SSSR count). The monoisotopic (exact) mass is 390 g/mol. The normalized spacial score (nSPS) is 26.3. The Balaban J connectivity index is 1.59. The third-order valence-electron chi connectivity index (χ3n) is 5.47. The standard InChI is InChI=1S/C18H22N4O4S/c1-27(25,26)22-9-13-8-21(10-14-7-16(23)20-18(24)19-14)11-15(13)17(22)12-5-3-2-4-6-12/h2-7,13,15,17H,8-11H2,1H3,(H2,19,20,23,24)/t13-,15-,17+/m1/s1. The number of benzene rings is 1. The molecule has 0 amide bonds. The number of likely N-dealkylation sites (tertiary alicyclic amines) is 1. The van der Waals surface area contributed by atoms with Gasteiger partial charge in [-0.3, -0.25) is 14.7 Å². The van der Waals surface area contributed by atoms with Crippen LogP contribution >= 0.6 is 0 Å². The lowest BCUT2D eigenvalue weighted by molar-refractivity contribution is 0.258. The summed E-state index contributed by atoms with van der Waals surface area (Å²) in [4.78, 5) is 30.0. The van der Waals surface area contributed by atoms with Crippen LogP contribution in [0.4, 0.5) is 0 Å². The van der Waals surface area contributed by atoms with E-state index < -0.39 is 21.3 Å². The van der Waals surface area contributed by atoms with E-state index in [9.17, 15) is 18.0 Å². The van der Waals surface area contributed by atoms with Crippen molar-refractivity contribution in [1.82, 2.24) is 19.2 Å². The first-order valence-electron chi connectivity index (χ1n) is 8.88. The van der Waals surface area contributed by atoms with Gasteiger partial charge in [-0.15, -0.1) is 0 Å². The summed E-state index contributed by atoms with van der Waals surface area (Å²) >= 11 is 0. The number of sulfonamides is 1. The lowest BCUT2D eigenvalue weighted by Gasteiger charge is -2.28. The van der Waals surface area contributed by atoms with Gasteiger partial charge in [0, 0.05) is 37.9 Å². The highest BCUT2D eigenvalue weighted by atomic mass is 32.2. The van der Waals surface area contributed by atoms with Crippen molar-refractivity contribution < 1.29 is 8.42 Å². The molecule has 0 saturated carbocycles. The minimum Gasteiger partial charge on any atom is -0.310 e. The predicted octanol–water partition coefficient (Wildman–Crippen LogP) is 0.128. The lowest BCUT2D eigenvalue weighted by atomic mass is 9.90. The molecule has 9 heteroatoms. The second-order valence-electron chi connectivity index (χ2n) is 7.42. The first-order valence-corrected chi connectivity index (χ1v) is 10.7. The maximum absolute atomic E-state index is 12.3. The fourth-order valence-corrected chi connectivity index (χ4v) is 5.63. The summed E-state index contributed by atoms with van der Waals surface area (Å²) in [7, 11) is -3.31. The molecule has 0 spiro atoms. The van der Waals surface area contributed by atoms with Crippen molar-refractivity contribution in [2.45, 2.75) is 12.6 Å². The van der Waals surface area contributed by atoms with Gasteiger partial charge in [0.1, 0.15) is 0 Å². The van der Waals surface area contributed by atoms with Gasteiger partial charge in [-0.2, -0.15) is 4.31 Å². The second kappa shape index (κ2) is 6.74. The third-order valence-corrected chi connectivity index (χ3v) is 6.70. The van der Waals surface area contributed by atoms with Crippen molar-refractivity contribution >= 4 is 10.0 Å². The topological polar surface area (TPSA) is 106 Å². The molecule has 144 valence electrons. The molecule has 0 bridgehead atoms. The van der Waals surface area contributed by atoms with Gasteiger partial charge >= 0.3 is 5.69 Å². The van der Waals surface area contributed by atoms with E-state index in [1.165, 1.54) is 12.3 Å².